The topological polar surface area (TPSA) is 33.5 Å². The number of halogens is 1. The van der Waals surface area contributed by atoms with Gasteiger partial charge < -0.3 is 19.1 Å². The van der Waals surface area contributed by atoms with Crippen LogP contribution in [0.4, 0.5) is 27.1 Å². The maximum absolute atomic E-state index is 14.2. The van der Waals surface area contributed by atoms with Crippen molar-refractivity contribution in [3.63, 3.8) is 0 Å². The van der Waals surface area contributed by atoms with E-state index in [9.17, 15) is 4.39 Å². The average molecular weight is 783 g/mol. The van der Waals surface area contributed by atoms with Crippen molar-refractivity contribution in [1.29, 1.82) is 0 Å². The molecule has 8 rings (SSSR count). The smallest absolute Gasteiger partial charge is 0.135 e. The molecule has 0 N–H and O–H groups in total. The summed E-state index contributed by atoms with van der Waals surface area (Å²) < 4.78 is 22.8. The molecule has 1 aliphatic heterocycles. The standard InChI is InChI=1S/C39H28FN4O.Pt/c1-3-27-17-18-41-39(21-27)44-35-12-5-4-11-33(35)34-16-15-31(24-38(34)44)45-32-20-26(2)19-30(23-32)43-25-42(29-10-8-9-28(40)22-29)36-13-6-7-14-37(36)43;/h4-22,25H,3H2,1-2H3;/q-3;. The first-order valence-corrected chi connectivity index (χ1v) is 15.0. The molecule has 7 heteroatoms. The third-order valence-corrected chi connectivity index (χ3v) is 8.18. The monoisotopic (exact) mass is 782 g/mol. The molecule has 0 bridgehead atoms. The summed E-state index contributed by atoms with van der Waals surface area (Å²) in [5.74, 6) is 1.72. The van der Waals surface area contributed by atoms with Gasteiger partial charge in [0, 0.05) is 61.3 Å². The van der Waals surface area contributed by atoms with Crippen LogP contribution in [0.1, 0.15) is 18.1 Å². The Balaban J connectivity index is 0.00000338. The Morgan fingerprint density at radius 2 is 1.59 bits per heavy atom. The predicted molar refractivity (Wildman–Crippen MR) is 178 cm³/mol. The summed E-state index contributed by atoms with van der Waals surface area (Å²) in [5, 5.41) is 2.21. The Morgan fingerprint density at radius 3 is 2.41 bits per heavy atom. The summed E-state index contributed by atoms with van der Waals surface area (Å²) in [6, 6.07) is 42.3. The van der Waals surface area contributed by atoms with Crippen LogP contribution in [-0.2, 0) is 27.5 Å². The molecule has 0 saturated carbocycles. The van der Waals surface area contributed by atoms with Crippen LogP contribution in [0.15, 0.2) is 115 Å². The molecule has 1 aliphatic rings. The number of pyridine rings is 1. The quantitative estimate of drug-likeness (QED) is 0.157. The van der Waals surface area contributed by atoms with Gasteiger partial charge in [0.1, 0.15) is 11.6 Å². The molecule has 46 heavy (non-hydrogen) atoms. The zero-order valence-corrected chi connectivity index (χ0v) is 27.4. The van der Waals surface area contributed by atoms with Gasteiger partial charge in [0.2, 0.25) is 0 Å². The van der Waals surface area contributed by atoms with Crippen molar-refractivity contribution in [2.45, 2.75) is 20.3 Å². The Kier molecular flexibility index (Phi) is 7.83. The fourth-order valence-electron chi connectivity index (χ4n) is 6.08. The van der Waals surface area contributed by atoms with Gasteiger partial charge in [-0.3, -0.25) is 0 Å². The summed E-state index contributed by atoms with van der Waals surface area (Å²) in [6.45, 7) is 6.14. The van der Waals surface area contributed by atoms with Crippen molar-refractivity contribution in [2.24, 2.45) is 0 Å². The van der Waals surface area contributed by atoms with Crippen LogP contribution < -0.4 is 14.5 Å². The molecule has 5 nitrogen and oxygen atoms in total. The van der Waals surface area contributed by atoms with Gasteiger partial charge >= 0.3 is 0 Å². The van der Waals surface area contributed by atoms with E-state index in [0.29, 0.717) is 11.5 Å². The van der Waals surface area contributed by atoms with Gasteiger partial charge in [-0.1, -0.05) is 55.8 Å². The number of aromatic nitrogens is 2. The van der Waals surface area contributed by atoms with Crippen LogP contribution in [0.5, 0.6) is 11.5 Å². The molecule has 0 spiro atoms. The van der Waals surface area contributed by atoms with Crippen LogP contribution in [0.25, 0.3) is 27.6 Å². The fraction of sp³-hybridized carbons (Fsp3) is 0.0769. The number of nitrogens with zero attached hydrogens (tertiary/aromatic N) is 4. The first-order valence-electron chi connectivity index (χ1n) is 15.0. The number of fused-ring (bicyclic) bond motifs is 4. The van der Waals surface area contributed by atoms with Gasteiger partial charge in [0.05, 0.1) is 0 Å². The second-order valence-electron chi connectivity index (χ2n) is 11.1. The minimum atomic E-state index is -0.282. The number of anilines is 4. The Labute approximate surface area is 281 Å². The number of hydrogen-bond acceptors (Lipinski definition) is 4. The third kappa shape index (κ3) is 5.23. The minimum Gasteiger partial charge on any atom is -0.509 e. The predicted octanol–water partition coefficient (Wildman–Crippen LogP) is 9.99. The summed E-state index contributed by atoms with van der Waals surface area (Å²) in [5.41, 5.74) is 7.67. The van der Waals surface area contributed by atoms with Crippen LogP contribution in [0.2, 0.25) is 0 Å². The molecule has 0 fully saturated rings. The van der Waals surface area contributed by atoms with Gasteiger partial charge in [-0.25, -0.2) is 9.37 Å². The van der Waals surface area contributed by atoms with Gasteiger partial charge in [0.15, 0.2) is 0 Å². The van der Waals surface area contributed by atoms with E-state index in [2.05, 4.69) is 64.9 Å². The molecular formula is C39H28FN4OPt-3. The number of aryl methyl sites for hydroxylation is 2. The molecule has 3 heterocycles. The van der Waals surface area contributed by atoms with E-state index in [0.717, 1.165) is 62.4 Å². The normalized spacial score (nSPS) is 12.4. The molecule has 5 aromatic carbocycles. The number of benzene rings is 5. The zero-order chi connectivity index (χ0) is 30.5. The summed E-state index contributed by atoms with van der Waals surface area (Å²) in [6.07, 6.45) is 2.79. The minimum absolute atomic E-state index is 0. The van der Waals surface area contributed by atoms with Gasteiger partial charge in [0.25, 0.3) is 0 Å². The van der Waals surface area contributed by atoms with E-state index >= 15 is 0 Å². The second kappa shape index (κ2) is 12.1. The summed E-state index contributed by atoms with van der Waals surface area (Å²) >= 11 is 0. The molecule has 0 atom stereocenters. The zero-order valence-electron chi connectivity index (χ0n) is 25.1. The maximum atomic E-state index is 14.2. The molecule has 2 aromatic heterocycles. The van der Waals surface area contributed by atoms with Crippen molar-refractivity contribution in [3.05, 3.63) is 151 Å². The van der Waals surface area contributed by atoms with Crippen LogP contribution >= 0.6 is 0 Å². The number of ether oxygens (including phenoxy) is 1. The summed E-state index contributed by atoms with van der Waals surface area (Å²) in [4.78, 5) is 8.76. The number of para-hydroxylation sites is 3. The Morgan fingerprint density at radius 1 is 0.783 bits per heavy atom. The van der Waals surface area contributed by atoms with Crippen LogP contribution in [0.3, 0.4) is 0 Å². The van der Waals surface area contributed by atoms with E-state index in [-0.39, 0.29) is 26.9 Å². The van der Waals surface area contributed by atoms with Crippen molar-refractivity contribution < 1.29 is 30.2 Å². The third-order valence-electron chi connectivity index (χ3n) is 8.18. The van der Waals surface area contributed by atoms with Crippen LogP contribution in [-0.4, -0.2) is 9.55 Å². The first-order chi connectivity index (χ1) is 22.1. The van der Waals surface area contributed by atoms with E-state index < -0.39 is 0 Å². The fourth-order valence-corrected chi connectivity index (χ4v) is 6.08. The Hall–Kier alpha value is -4.93. The van der Waals surface area contributed by atoms with Gasteiger partial charge in [-0.05, 0) is 65.9 Å². The second-order valence-corrected chi connectivity index (χ2v) is 11.1. The van der Waals surface area contributed by atoms with E-state index in [1.165, 1.54) is 17.7 Å². The van der Waals surface area contributed by atoms with E-state index in [1.807, 2.05) is 79.3 Å². The SMILES string of the molecule is CCc1ccnc(-n2c3[c-]c(Oc4[c-]c(N5[CH-]N(c6cccc(F)c6)c6ccccc65)cc(C)c4)ccc3c3ccccc32)c1.[Pt]. The molecule has 0 unspecified atom stereocenters. The van der Waals surface area contributed by atoms with Crippen LogP contribution in [0, 0.1) is 31.5 Å². The molecule has 0 aliphatic carbocycles. The van der Waals surface area contributed by atoms with Crippen molar-refractivity contribution in [1.82, 2.24) is 9.55 Å². The molecule has 230 valence electrons. The number of hydrogen-bond donors (Lipinski definition) is 0. The van der Waals surface area contributed by atoms with Crippen molar-refractivity contribution in [3.8, 4) is 17.3 Å². The van der Waals surface area contributed by atoms with Crippen molar-refractivity contribution in [2.75, 3.05) is 9.80 Å². The molecule has 0 amide bonds. The van der Waals surface area contributed by atoms with Crippen molar-refractivity contribution >= 4 is 44.6 Å². The molecule has 7 aromatic rings. The first kappa shape index (κ1) is 29.8. The largest absolute Gasteiger partial charge is 0.509 e. The Bertz CT molecular complexity index is 2230. The average Bonchev–Trinajstić information content (AvgIpc) is 3.61. The molecule has 0 radical (unpaired) electrons. The van der Waals surface area contributed by atoms with E-state index in [4.69, 9.17) is 9.72 Å². The molecular weight excluding hydrogens is 755 g/mol. The van der Waals surface area contributed by atoms with E-state index in [1.54, 1.807) is 6.07 Å². The van der Waals surface area contributed by atoms with Gasteiger partial charge in [-0.2, -0.15) is 11.6 Å². The molecule has 0 saturated heterocycles. The maximum Gasteiger partial charge on any atom is 0.135 e. The number of rotatable bonds is 6. The van der Waals surface area contributed by atoms with Gasteiger partial charge in [-0.15, -0.1) is 48.1 Å². The summed E-state index contributed by atoms with van der Waals surface area (Å²) in [7, 11) is 0.